The number of carbonyl (C=O) groups is 2. The van der Waals surface area contributed by atoms with Crippen molar-refractivity contribution in [3.63, 3.8) is 0 Å². The van der Waals surface area contributed by atoms with Gasteiger partial charge in [-0.3, -0.25) is 19.0 Å². The van der Waals surface area contributed by atoms with Crippen LogP contribution in [0.5, 0.6) is 0 Å². The zero-order chi connectivity index (χ0) is 16.6. The van der Waals surface area contributed by atoms with Crippen molar-refractivity contribution >= 4 is 22.7 Å². The number of fused-ring (bicyclic) bond motifs is 1. The first-order valence-corrected chi connectivity index (χ1v) is 7.49. The number of hydrogen-bond acceptors (Lipinski definition) is 4. The molecule has 1 fully saturated rings. The van der Waals surface area contributed by atoms with Crippen LogP contribution in [0.25, 0.3) is 10.9 Å². The summed E-state index contributed by atoms with van der Waals surface area (Å²) < 4.78 is 1.31. The van der Waals surface area contributed by atoms with E-state index in [4.69, 9.17) is 5.73 Å². The SMILES string of the molecule is Cc1cccc2c(=O)n(CC(=O)N3CCC(C(N)=O)C3)cnc12. The second-order valence-corrected chi connectivity index (χ2v) is 5.88. The third-order valence-corrected chi connectivity index (χ3v) is 4.30. The molecule has 0 spiro atoms. The lowest BCUT2D eigenvalue weighted by Crippen LogP contribution is -2.36. The normalized spacial score (nSPS) is 17.6. The van der Waals surface area contributed by atoms with Crippen LogP contribution in [-0.2, 0) is 16.1 Å². The molecule has 1 saturated heterocycles. The monoisotopic (exact) mass is 314 g/mol. The van der Waals surface area contributed by atoms with E-state index in [9.17, 15) is 14.4 Å². The molecule has 7 nitrogen and oxygen atoms in total. The first kappa shape index (κ1) is 15.2. The van der Waals surface area contributed by atoms with Gasteiger partial charge in [-0.05, 0) is 25.0 Å². The number of nitrogens with zero attached hydrogens (tertiary/aromatic N) is 3. The van der Waals surface area contributed by atoms with Crippen LogP contribution in [0.2, 0.25) is 0 Å². The van der Waals surface area contributed by atoms with Crippen molar-refractivity contribution in [1.82, 2.24) is 14.5 Å². The summed E-state index contributed by atoms with van der Waals surface area (Å²) in [5.74, 6) is -0.891. The number of rotatable bonds is 3. The fraction of sp³-hybridized carbons (Fsp3) is 0.375. The minimum atomic E-state index is -0.389. The predicted molar refractivity (Wildman–Crippen MR) is 84.6 cm³/mol. The zero-order valence-electron chi connectivity index (χ0n) is 12.9. The number of carbonyl (C=O) groups excluding carboxylic acids is 2. The second-order valence-electron chi connectivity index (χ2n) is 5.88. The Kier molecular flexibility index (Phi) is 3.85. The maximum absolute atomic E-state index is 12.5. The summed E-state index contributed by atoms with van der Waals surface area (Å²) in [5.41, 5.74) is 6.60. The third kappa shape index (κ3) is 2.81. The number of aryl methyl sites for hydroxylation is 1. The van der Waals surface area contributed by atoms with Gasteiger partial charge in [0.05, 0.1) is 23.1 Å². The molecule has 2 aromatic rings. The Morgan fingerprint density at radius 2 is 2.17 bits per heavy atom. The molecule has 2 heterocycles. The van der Waals surface area contributed by atoms with Gasteiger partial charge in [-0.1, -0.05) is 12.1 Å². The molecule has 1 aromatic carbocycles. The van der Waals surface area contributed by atoms with Gasteiger partial charge < -0.3 is 10.6 Å². The molecule has 1 aromatic heterocycles. The summed E-state index contributed by atoms with van der Waals surface area (Å²) in [5, 5.41) is 0.497. The smallest absolute Gasteiger partial charge is 0.261 e. The predicted octanol–water partition coefficient (Wildman–Crippen LogP) is 0.0387. The standard InChI is InChI=1S/C16H18N4O3/c1-10-3-2-4-12-14(10)18-9-20(16(12)23)8-13(21)19-6-5-11(7-19)15(17)22/h2-4,9,11H,5-8H2,1H3,(H2,17,22). The summed E-state index contributed by atoms with van der Waals surface area (Å²) in [7, 11) is 0. The molecule has 0 bridgehead atoms. The van der Waals surface area contributed by atoms with Crippen LogP contribution in [0.1, 0.15) is 12.0 Å². The van der Waals surface area contributed by atoms with Gasteiger partial charge in [-0.15, -0.1) is 0 Å². The molecule has 2 amide bonds. The van der Waals surface area contributed by atoms with Crippen molar-refractivity contribution < 1.29 is 9.59 Å². The highest BCUT2D eigenvalue weighted by atomic mass is 16.2. The van der Waals surface area contributed by atoms with Gasteiger partial charge in [0, 0.05) is 13.1 Å². The van der Waals surface area contributed by atoms with E-state index in [1.165, 1.54) is 10.9 Å². The Balaban J connectivity index is 1.82. The van der Waals surface area contributed by atoms with E-state index in [1.54, 1.807) is 17.0 Å². The molecular weight excluding hydrogens is 296 g/mol. The summed E-state index contributed by atoms with van der Waals surface area (Å²) in [6, 6.07) is 5.39. The Bertz CT molecular complexity index is 843. The van der Waals surface area contributed by atoms with Gasteiger partial charge in [0.1, 0.15) is 6.54 Å². The Hall–Kier alpha value is -2.70. The van der Waals surface area contributed by atoms with E-state index in [-0.39, 0.29) is 29.8 Å². The zero-order valence-corrected chi connectivity index (χ0v) is 12.9. The Labute approximate surface area is 132 Å². The number of hydrogen-bond donors (Lipinski definition) is 1. The van der Waals surface area contributed by atoms with Crippen LogP contribution in [0.3, 0.4) is 0 Å². The molecule has 23 heavy (non-hydrogen) atoms. The van der Waals surface area contributed by atoms with Crippen molar-refractivity contribution in [2.75, 3.05) is 13.1 Å². The summed E-state index contributed by atoms with van der Waals surface area (Å²) in [6.07, 6.45) is 1.97. The molecule has 1 aliphatic heterocycles. The van der Waals surface area contributed by atoms with E-state index in [1.807, 2.05) is 13.0 Å². The number of primary amides is 1. The van der Waals surface area contributed by atoms with Crippen LogP contribution >= 0.6 is 0 Å². The van der Waals surface area contributed by atoms with E-state index in [0.717, 1.165) is 5.56 Å². The molecule has 3 rings (SSSR count). The maximum Gasteiger partial charge on any atom is 0.261 e. The fourth-order valence-corrected chi connectivity index (χ4v) is 2.91. The average Bonchev–Trinajstić information content (AvgIpc) is 3.01. The van der Waals surface area contributed by atoms with Crippen molar-refractivity contribution in [3.8, 4) is 0 Å². The number of amides is 2. The average molecular weight is 314 g/mol. The molecule has 120 valence electrons. The summed E-state index contributed by atoms with van der Waals surface area (Å²) in [4.78, 5) is 41.8. The van der Waals surface area contributed by atoms with Gasteiger partial charge >= 0.3 is 0 Å². The van der Waals surface area contributed by atoms with Crippen LogP contribution in [0.15, 0.2) is 29.3 Å². The highest BCUT2D eigenvalue weighted by Gasteiger charge is 2.29. The van der Waals surface area contributed by atoms with Crippen LogP contribution < -0.4 is 11.3 Å². The van der Waals surface area contributed by atoms with Crippen LogP contribution in [-0.4, -0.2) is 39.4 Å². The van der Waals surface area contributed by atoms with Gasteiger partial charge in [0.15, 0.2) is 0 Å². The molecule has 7 heteroatoms. The second kappa shape index (κ2) is 5.83. The molecular formula is C16H18N4O3. The fourth-order valence-electron chi connectivity index (χ4n) is 2.91. The molecule has 1 unspecified atom stereocenters. The maximum atomic E-state index is 12.5. The van der Waals surface area contributed by atoms with E-state index in [0.29, 0.717) is 30.4 Å². The Morgan fingerprint density at radius 3 is 2.87 bits per heavy atom. The molecule has 2 N–H and O–H groups in total. The van der Waals surface area contributed by atoms with Gasteiger partial charge in [0.2, 0.25) is 11.8 Å². The first-order valence-electron chi connectivity index (χ1n) is 7.49. The number of likely N-dealkylation sites (tertiary alicyclic amines) is 1. The van der Waals surface area contributed by atoms with E-state index >= 15 is 0 Å². The number of nitrogens with two attached hydrogens (primary N) is 1. The molecule has 0 radical (unpaired) electrons. The van der Waals surface area contributed by atoms with Crippen molar-refractivity contribution in [3.05, 3.63) is 40.4 Å². The largest absolute Gasteiger partial charge is 0.369 e. The third-order valence-electron chi connectivity index (χ3n) is 4.30. The van der Waals surface area contributed by atoms with E-state index < -0.39 is 0 Å². The molecule has 0 aliphatic carbocycles. The van der Waals surface area contributed by atoms with Crippen molar-refractivity contribution in [2.45, 2.75) is 19.9 Å². The van der Waals surface area contributed by atoms with Crippen molar-refractivity contribution in [1.29, 1.82) is 0 Å². The summed E-state index contributed by atoms with van der Waals surface area (Å²) >= 11 is 0. The number of benzene rings is 1. The lowest BCUT2D eigenvalue weighted by atomic mass is 10.1. The van der Waals surface area contributed by atoms with Gasteiger partial charge in [0.25, 0.3) is 5.56 Å². The lowest BCUT2D eigenvalue weighted by Gasteiger charge is -2.16. The number of para-hydroxylation sites is 1. The summed E-state index contributed by atoms with van der Waals surface area (Å²) in [6.45, 7) is 2.62. The van der Waals surface area contributed by atoms with Crippen LogP contribution in [0, 0.1) is 12.8 Å². The quantitative estimate of drug-likeness (QED) is 0.864. The highest BCUT2D eigenvalue weighted by molar-refractivity contribution is 5.82. The first-order chi connectivity index (χ1) is 11.0. The number of aromatic nitrogens is 2. The minimum Gasteiger partial charge on any atom is -0.369 e. The van der Waals surface area contributed by atoms with Crippen molar-refractivity contribution in [2.24, 2.45) is 11.7 Å². The Morgan fingerprint density at radius 1 is 1.39 bits per heavy atom. The molecule has 1 atom stereocenters. The minimum absolute atomic E-state index is 0.0821. The van der Waals surface area contributed by atoms with Gasteiger partial charge in [-0.2, -0.15) is 0 Å². The lowest BCUT2D eigenvalue weighted by molar-refractivity contribution is -0.131. The van der Waals surface area contributed by atoms with E-state index in [2.05, 4.69) is 4.98 Å². The molecule has 0 saturated carbocycles. The van der Waals surface area contributed by atoms with Crippen LogP contribution in [0.4, 0.5) is 0 Å². The van der Waals surface area contributed by atoms with Gasteiger partial charge in [-0.25, -0.2) is 4.98 Å². The highest BCUT2D eigenvalue weighted by Crippen LogP contribution is 2.16. The topological polar surface area (TPSA) is 98.3 Å². The molecule has 1 aliphatic rings.